The first-order valence-electron chi connectivity index (χ1n) is 12.0. The van der Waals surface area contributed by atoms with E-state index in [9.17, 15) is 19.5 Å². The zero-order chi connectivity index (χ0) is 27.7. The number of ketones is 1. The maximum absolute atomic E-state index is 13.3. The van der Waals surface area contributed by atoms with E-state index in [4.69, 9.17) is 9.47 Å². The highest BCUT2D eigenvalue weighted by atomic mass is 32.1. The second kappa shape index (κ2) is 10.8. The number of carbonyl (C=O) groups is 3. The fourth-order valence-electron chi connectivity index (χ4n) is 4.35. The summed E-state index contributed by atoms with van der Waals surface area (Å²) in [6, 6.07) is 17.4. The molecular weight excluding hydrogens is 536 g/mol. The van der Waals surface area contributed by atoms with Gasteiger partial charge in [0.15, 0.2) is 5.13 Å². The predicted octanol–water partition coefficient (Wildman–Crippen LogP) is 5.81. The van der Waals surface area contributed by atoms with Gasteiger partial charge in [-0.25, -0.2) is 9.78 Å². The molecule has 8 nitrogen and oxygen atoms in total. The number of nitrogens with zero attached hydrogens (tertiary/aromatic N) is 2. The maximum Gasteiger partial charge on any atom is 0.350 e. The normalized spacial score (nSPS) is 16.5. The number of ether oxygens (including phenoxy) is 2. The van der Waals surface area contributed by atoms with Crippen molar-refractivity contribution < 1.29 is 29.0 Å². The third kappa shape index (κ3) is 5.08. The molecule has 2 aromatic carbocycles. The number of aromatic nitrogens is 1. The van der Waals surface area contributed by atoms with Crippen LogP contribution in [0.3, 0.4) is 0 Å². The number of amides is 1. The lowest BCUT2D eigenvalue weighted by Crippen LogP contribution is -2.29. The van der Waals surface area contributed by atoms with Gasteiger partial charge in [-0.2, -0.15) is 0 Å². The summed E-state index contributed by atoms with van der Waals surface area (Å²) in [5.41, 5.74) is 2.87. The molecule has 0 saturated carbocycles. The van der Waals surface area contributed by atoms with E-state index in [1.54, 1.807) is 43.3 Å². The van der Waals surface area contributed by atoms with Crippen molar-refractivity contribution in [1.82, 2.24) is 4.98 Å². The van der Waals surface area contributed by atoms with Crippen LogP contribution in [-0.2, 0) is 20.9 Å². The number of benzene rings is 2. The molecule has 1 atom stereocenters. The fraction of sp³-hybridized carbons (Fsp3) is 0.172. The largest absolute Gasteiger partial charge is 0.507 e. The van der Waals surface area contributed by atoms with Crippen LogP contribution in [0, 0.1) is 13.8 Å². The Balaban J connectivity index is 1.49. The number of hydrogen-bond donors (Lipinski definition) is 1. The summed E-state index contributed by atoms with van der Waals surface area (Å²) in [5.74, 6) is -1.96. The van der Waals surface area contributed by atoms with E-state index in [2.05, 4.69) is 4.98 Å². The summed E-state index contributed by atoms with van der Waals surface area (Å²) in [7, 11) is 1.26. The van der Waals surface area contributed by atoms with Crippen molar-refractivity contribution in [3.05, 3.63) is 104 Å². The number of thiazole rings is 1. The molecule has 3 heterocycles. The van der Waals surface area contributed by atoms with Gasteiger partial charge in [0.1, 0.15) is 29.0 Å². The zero-order valence-electron chi connectivity index (χ0n) is 21.3. The molecule has 4 aromatic rings. The number of aliphatic hydroxyl groups excluding tert-OH is 1. The first kappa shape index (κ1) is 26.3. The molecule has 0 bridgehead atoms. The van der Waals surface area contributed by atoms with Gasteiger partial charge in [0.05, 0.1) is 18.4 Å². The number of methoxy groups -OCH3 is 1. The van der Waals surface area contributed by atoms with Crippen LogP contribution in [0.25, 0.3) is 5.76 Å². The van der Waals surface area contributed by atoms with Gasteiger partial charge in [0.2, 0.25) is 0 Å². The van der Waals surface area contributed by atoms with E-state index in [1.807, 2.05) is 36.6 Å². The van der Waals surface area contributed by atoms with Gasteiger partial charge in [-0.15, -0.1) is 11.3 Å². The zero-order valence-corrected chi connectivity index (χ0v) is 23.0. The lowest BCUT2D eigenvalue weighted by molar-refractivity contribution is -0.132. The van der Waals surface area contributed by atoms with E-state index in [0.717, 1.165) is 22.5 Å². The van der Waals surface area contributed by atoms with Crippen LogP contribution in [-0.4, -0.2) is 34.9 Å². The van der Waals surface area contributed by atoms with Crippen molar-refractivity contribution in [2.75, 3.05) is 12.0 Å². The molecule has 1 aliphatic heterocycles. The summed E-state index contributed by atoms with van der Waals surface area (Å²) < 4.78 is 10.7. The van der Waals surface area contributed by atoms with Crippen LogP contribution >= 0.6 is 22.7 Å². The number of carbonyl (C=O) groups excluding carboxylic acids is 3. The lowest BCUT2D eigenvalue weighted by Gasteiger charge is -2.21. The monoisotopic (exact) mass is 560 g/mol. The van der Waals surface area contributed by atoms with Crippen LogP contribution in [0.1, 0.15) is 43.0 Å². The van der Waals surface area contributed by atoms with Crippen LogP contribution in [0.15, 0.2) is 71.6 Å². The molecule has 1 saturated heterocycles. The second-order valence-corrected chi connectivity index (χ2v) is 10.8. The molecule has 1 amide bonds. The van der Waals surface area contributed by atoms with Crippen molar-refractivity contribution in [2.45, 2.75) is 26.5 Å². The SMILES string of the molecule is COC(=O)c1sc(N2C(=O)C(=O)/C(=C(\O)c3ccc(OCc4cccc(C)c4)cc3)C2c2cccs2)nc1C. The minimum atomic E-state index is -0.904. The van der Waals surface area contributed by atoms with Gasteiger partial charge >= 0.3 is 11.9 Å². The number of rotatable bonds is 7. The lowest BCUT2D eigenvalue weighted by atomic mass is 10.00. The molecule has 1 unspecified atom stereocenters. The van der Waals surface area contributed by atoms with Crippen LogP contribution in [0.5, 0.6) is 5.75 Å². The molecule has 5 rings (SSSR count). The van der Waals surface area contributed by atoms with Crippen molar-refractivity contribution in [1.29, 1.82) is 0 Å². The third-order valence-electron chi connectivity index (χ3n) is 6.24. The molecule has 39 heavy (non-hydrogen) atoms. The number of anilines is 1. The van der Waals surface area contributed by atoms with Gasteiger partial charge in [-0.1, -0.05) is 47.2 Å². The summed E-state index contributed by atoms with van der Waals surface area (Å²) in [5, 5.41) is 13.3. The summed E-state index contributed by atoms with van der Waals surface area (Å²) in [6.07, 6.45) is 0. The van der Waals surface area contributed by atoms with Crippen molar-refractivity contribution >= 4 is 51.2 Å². The van der Waals surface area contributed by atoms with E-state index in [0.29, 0.717) is 28.5 Å². The Morgan fingerprint density at radius 1 is 1.08 bits per heavy atom. The van der Waals surface area contributed by atoms with E-state index in [-0.39, 0.29) is 21.3 Å². The molecule has 0 spiro atoms. The Morgan fingerprint density at radius 3 is 2.51 bits per heavy atom. The Morgan fingerprint density at radius 2 is 1.85 bits per heavy atom. The number of aliphatic hydroxyl groups is 1. The van der Waals surface area contributed by atoms with E-state index >= 15 is 0 Å². The standard InChI is InChI=1S/C29H24N2O6S2/c1-16-6-4-7-18(14-16)15-37-20-11-9-19(10-12-20)24(32)22-23(21-8-5-13-38-21)31(27(34)25(22)33)29-30-17(2)26(39-29)28(35)36-3/h4-14,23,32H,15H2,1-3H3/b24-22-. The summed E-state index contributed by atoms with van der Waals surface area (Å²) in [6.45, 7) is 4.03. The molecule has 2 aromatic heterocycles. The topological polar surface area (TPSA) is 106 Å². The predicted molar refractivity (Wildman–Crippen MR) is 149 cm³/mol. The van der Waals surface area contributed by atoms with Gasteiger partial charge in [0, 0.05) is 10.4 Å². The Labute approximate surface area is 232 Å². The molecule has 1 N–H and O–H groups in total. The number of thiophene rings is 1. The Kier molecular flexibility index (Phi) is 7.32. The van der Waals surface area contributed by atoms with E-state index < -0.39 is 23.7 Å². The third-order valence-corrected chi connectivity index (χ3v) is 8.30. The average Bonchev–Trinajstić information content (AvgIpc) is 3.66. The van der Waals surface area contributed by atoms with Gasteiger partial charge < -0.3 is 14.6 Å². The van der Waals surface area contributed by atoms with Crippen molar-refractivity contribution in [2.24, 2.45) is 0 Å². The van der Waals surface area contributed by atoms with Crippen molar-refractivity contribution in [3.8, 4) is 5.75 Å². The van der Waals surface area contributed by atoms with Gasteiger partial charge in [-0.3, -0.25) is 14.5 Å². The van der Waals surface area contributed by atoms with E-state index in [1.165, 1.54) is 23.3 Å². The molecule has 198 valence electrons. The first-order chi connectivity index (χ1) is 18.8. The average molecular weight is 561 g/mol. The molecule has 0 aliphatic carbocycles. The summed E-state index contributed by atoms with van der Waals surface area (Å²) >= 11 is 2.31. The fourth-order valence-corrected chi connectivity index (χ4v) is 6.18. The van der Waals surface area contributed by atoms with Gasteiger partial charge in [0.25, 0.3) is 5.78 Å². The quantitative estimate of drug-likeness (QED) is 0.132. The Bertz CT molecular complexity index is 1590. The molecule has 1 fully saturated rings. The van der Waals surface area contributed by atoms with Crippen molar-refractivity contribution in [3.63, 3.8) is 0 Å². The van der Waals surface area contributed by atoms with Crippen LogP contribution in [0.2, 0.25) is 0 Å². The number of Topliss-reactive ketones (excluding diaryl/α,β-unsaturated/α-hetero) is 1. The summed E-state index contributed by atoms with van der Waals surface area (Å²) in [4.78, 5) is 45.3. The molecule has 10 heteroatoms. The molecular formula is C29H24N2O6S2. The maximum atomic E-state index is 13.3. The minimum absolute atomic E-state index is 0.0525. The van der Waals surface area contributed by atoms with Crippen LogP contribution < -0.4 is 9.64 Å². The highest BCUT2D eigenvalue weighted by Crippen LogP contribution is 2.45. The first-order valence-corrected chi connectivity index (χ1v) is 13.7. The number of hydrogen-bond acceptors (Lipinski definition) is 9. The minimum Gasteiger partial charge on any atom is -0.507 e. The number of esters is 1. The smallest absolute Gasteiger partial charge is 0.350 e. The second-order valence-electron chi connectivity index (χ2n) is 8.89. The highest BCUT2D eigenvalue weighted by Gasteiger charge is 2.48. The molecule has 1 aliphatic rings. The highest BCUT2D eigenvalue weighted by molar-refractivity contribution is 7.18. The number of aryl methyl sites for hydroxylation is 2. The molecule has 0 radical (unpaired) electrons. The Hall–Kier alpha value is -4.28. The van der Waals surface area contributed by atoms with Gasteiger partial charge in [-0.05, 0) is 55.1 Å². The van der Waals surface area contributed by atoms with Crippen LogP contribution in [0.4, 0.5) is 5.13 Å².